The van der Waals surface area contributed by atoms with E-state index in [1.165, 1.54) is 12.1 Å². The lowest BCUT2D eigenvalue weighted by molar-refractivity contribution is 0.235. The molecular weight excluding hydrogens is 286 g/mol. The van der Waals surface area contributed by atoms with Crippen molar-refractivity contribution in [2.75, 3.05) is 25.0 Å². The van der Waals surface area contributed by atoms with Gasteiger partial charge in [-0.1, -0.05) is 12.1 Å². The molecule has 1 unspecified atom stereocenters. The number of nitrogens with one attached hydrogen (secondary N) is 1. The summed E-state index contributed by atoms with van der Waals surface area (Å²) < 4.78 is 49.1. The Morgan fingerprint density at radius 2 is 2.10 bits per heavy atom. The minimum Gasteiger partial charge on any atom is -0.366 e. The third-order valence-electron chi connectivity index (χ3n) is 3.53. The number of alkyl halides is 2. The Morgan fingerprint density at radius 3 is 2.75 bits per heavy atom. The number of sulfone groups is 1. The van der Waals surface area contributed by atoms with Crippen LogP contribution < -0.4 is 10.2 Å². The van der Waals surface area contributed by atoms with Crippen molar-refractivity contribution in [1.82, 2.24) is 5.32 Å². The number of para-hydroxylation sites is 1. The minimum absolute atomic E-state index is 0.133. The van der Waals surface area contributed by atoms with Gasteiger partial charge < -0.3 is 10.2 Å². The number of hydrogen-bond acceptors (Lipinski definition) is 4. The van der Waals surface area contributed by atoms with Gasteiger partial charge >= 0.3 is 5.76 Å². The van der Waals surface area contributed by atoms with E-state index < -0.39 is 15.6 Å². The van der Waals surface area contributed by atoms with Gasteiger partial charge in [-0.3, -0.25) is 0 Å². The van der Waals surface area contributed by atoms with Gasteiger partial charge in [-0.25, -0.2) is 8.42 Å². The fourth-order valence-electron chi connectivity index (χ4n) is 2.63. The predicted octanol–water partition coefficient (Wildman–Crippen LogP) is 1.87. The number of anilines is 1. The van der Waals surface area contributed by atoms with Crippen molar-refractivity contribution in [3.63, 3.8) is 0 Å². The molecule has 4 nitrogen and oxygen atoms in total. The van der Waals surface area contributed by atoms with E-state index in [2.05, 4.69) is 5.32 Å². The Balaban J connectivity index is 2.43. The maximum Gasteiger partial charge on any atom is 0.341 e. The van der Waals surface area contributed by atoms with Gasteiger partial charge in [-0.05, 0) is 32.0 Å². The Kier molecular flexibility index (Phi) is 4.59. The zero-order valence-electron chi connectivity index (χ0n) is 11.2. The molecule has 1 fully saturated rings. The first-order chi connectivity index (χ1) is 9.48. The Bertz CT molecular complexity index is 563. The summed E-state index contributed by atoms with van der Waals surface area (Å²) in [4.78, 5) is 1.63. The lowest BCUT2D eigenvalue weighted by Crippen LogP contribution is -2.37. The van der Waals surface area contributed by atoms with Crippen LogP contribution >= 0.6 is 0 Å². The van der Waals surface area contributed by atoms with Crippen molar-refractivity contribution < 1.29 is 17.2 Å². The molecule has 7 heteroatoms. The third kappa shape index (κ3) is 2.78. The van der Waals surface area contributed by atoms with Crippen LogP contribution in [-0.2, 0) is 9.84 Å². The summed E-state index contributed by atoms with van der Waals surface area (Å²) >= 11 is 0. The smallest absolute Gasteiger partial charge is 0.341 e. The number of hydrogen-bond donors (Lipinski definition) is 1. The second kappa shape index (κ2) is 6.05. The number of halogens is 2. The quantitative estimate of drug-likeness (QED) is 0.902. The molecule has 0 radical (unpaired) electrons. The lowest BCUT2D eigenvalue weighted by atomic mass is 10.2. The van der Waals surface area contributed by atoms with Crippen LogP contribution in [0.3, 0.4) is 0 Å². The van der Waals surface area contributed by atoms with Crippen LogP contribution in [0.1, 0.15) is 12.8 Å². The SMILES string of the molecule is CNCC1CCCN1c1ccccc1S(=O)(=O)C(F)F. The largest absolute Gasteiger partial charge is 0.366 e. The molecule has 1 atom stereocenters. The summed E-state index contributed by atoms with van der Waals surface area (Å²) in [5, 5.41) is 3.05. The van der Waals surface area contributed by atoms with Crippen LogP contribution in [0.5, 0.6) is 0 Å². The molecule has 1 heterocycles. The summed E-state index contributed by atoms with van der Waals surface area (Å²) in [7, 11) is -2.76. The highest BCUT2D eigenvalue weighted by molar-refractivity contribution is 7.91. The van der Waals surface area contributed by atoms with E-state index in [-0.39, 0.29) is 10.9 Å². The van der Waals surface area contributed by atoms with Crippen molar-refractivity contribution in [3.8, 4) is 0 Å². The Morgan fingerprint density at radius 1 is 1.40 bits per heavy atom. The standard InChI is InChI=1S/C13H18F2N2O2S/c1-16-9-10-5-4-8-17(10)11-6-2-3-7-12(11)20(18,19)13(14)15/h2-3,6-7,10,13,16H,4-5,8-9H2,1H3. The molecule has 0 spiro atoms. The Hall–Kier alpha value is -1.21. The number of nitrogens with zero attached hydrogens (tertiary/aromatic N) is 1. The van der Waals surface area contributed by atoms with Gasteiger partial charge in [0.05, 0.1) is 10.6 Å². The molecule has 1 aliphatic rings. The van der Waals surface area contributed by atoms with E-state index in [1.807, 2.05) is 11.9 Å². The average molecular weight is 304 g/mol. The molecule has 2 rings (SSSR count). The summed E-state index contributed by atoms with van der Waals surface area (Å²) in [6, 6.07) is 6.14. The number of benzene rings is 1. The fraction of sp³-hybridized carbons (Fsp3) is 0.538. The maximum atomic E-state index is 12.8. The predicted molar refractivity (Wildman–Crippen MR) is 73.9 cm³/mol. The highest BCUT2D eigenvalue weighted by Gasteiger charge is 2.33. The monoisotopic (exact) mass is 304 g/mol. The zero-order valence-corrected chi connectivity index (χ0v) is 12.0. The summed E-state index contributed by atoms with van der Waals surface area (Å²) in [6.45, 7) is 1.38. The van der Waals surface area contributed by atoms with Gasteiger partial charge in [0.1, 0.15) is 0 Å². The van der Waals surface area contributed by atoms with Crippen molar-refractivity contribution >= 4 is 15.5 Å². The molecule has 0 aromatic heterocycles. The van der Waals surface area contributed by atoms with E-state index in [4.69, 9.17) is 0 Å². The second-order valence-corrected chi connectivity index (χ2v) is 6.71. The minimum atomic E-state index is -4.58. The maximum absolute atomic E-state index is 12.8. The van der Waals surface area contributed by atoms with Gasteiger partial charge in [-0.2, -0.15) is 8.78 Å². The summed E-state index contributed by atoms with van der Waals surface area (Å²) in [5.74, 6) is -3.39. The molecule has 0 saturated carbocycles. The van der Waals surface area contributed by atoms with Crippen molar-refractivity contribution in [3.05, 3.63) is 24.3 Å². The fourth-order valence-corrected chi connectivity index (χ4v) is 3.57. The van der Waals surface area contributed by atoms with Crippen LogP contribution in [0.2, 0.25) is 0 Å². The van der Waals surface area contributed by atoms with Crippen LogP contribution in [0.4, 0.5) is 14.5 Å². The van der Waals surface area contributed by atoms with Crippen LogP contribution in [0.15, 0.2) is 29.2 Å². The highest BCUT2D eigenvalue weighted by Crippen LogP contribution is 2.33. The molecule has 0 aliphatic carbocycles. The molecule has 1 N–H and O–H groups in total. The van der Waals surface area contributed by atoms with Gasteiger partial charge in [0, 0.05) is 19.1 Å². The topological polar surface area (TPSA) is 49.4 Å². The summed E-state index contributed by atoms with van der Waals surface area (Å²) in [5.41, 5.74) is 0.380. The normalized spacial score (nSPS) is 19.8. The first kappa shape index (κ1) is 15.2. The average Bonchev–Trinajstić information content (AvgIpc) is 2.87. The highest BCUT2D eigenvalue weighted by atomic mass is 32.2. The molecule has 112 valence electrons. The first-order valence-corrected chi connectivity index (χ1v) is 8.05. The van der Waals surface area contributed by atoms with Crippen LogP contribution in [0, 0.1) is 0 Å². The number of rotatable bonds is 5. The van der Waals surface area contributed by atoms with E-state index >= 15 is 0 Å². The molecule has 0 bridgehead atoms. The van der Waals surface area contributed by atoms with Crippen LogP contribution in [-0.4, -0.2) is 40.4 Å². The molecule has 20 heavy (non-hydrogen) atoms. The molecule has 1 aromatic carbocycles. The van der Waals surface area contributed by atoms with E-state index in [9.17, 15) is 17.2 Å². The van der Waals surface area contributed by atoms with Gasteiger partial charge in [0.15, 0.2) is 0 Å². The second-order valence-electron chi connectivity index (χ2n) is 4.82. The van der Waals surface area contributed by atoms with E-state index in [0.717, 1.165) is 12.8 Å². The third-order valence-corrected chi connectivity index (χ3v) is 4.96. The Labute approximate surface area is 117 Å². The van der Waals surface area contributed by atoms with Gasteiger partial charge in [-0.15, -0.1) is 0 Å². The number of likely N-dealkylation sites (N-methyl/N-ethyl adjacent to an activating group) is 1. The van der Waals surface area contributed by atoms with Crippen molar-refractivity contribution in [2.45, 2.75) is 29.5 Å². The first-order valence-electron chi connectivity index (χ1n) is 6.51. The lowest BCUT2D eigenvalue weighted by Gasteiger charge is -2.28. The zero-order chi connectivity index (χ0) is 14.8. The van der Waals surface area contributed by atoms with Crippen molar-refractivity contribution in [1.29, 1.82) is 0 Å². The molecular formula is C13H18F2N2O2S. The van der Waals surface area contributed by atoms with Gasteiger partial charge in [0.2, 0.25) is 9.84 Å². The molecule has 1 aromatic rings. The molecule has 1 aliphatic heterocycles. The van der Waals surface area contributed by atoms with Crippen molar-refractivity contribution in [2.24, 2.45) is 0 Å². The van der Waals surface area contributed by atoms with E-state index in [1.54, 1.807) is 12.1 Å². The summed E-state index contributed by atoms with van der Waals surface area (Å²) in [6.07, 6.45) is 1.85. The van der Waals surface area contributed by atoms with Crippen LogP contribution in [0.25, 0.3) is 0 Å². The van der Waals surface area contributed by atoms with Gasteiger partial charge in [0.25, 0.3) is 0 Å². The van der Waals surface area contributed by atoms with E-state index in [0.29, 0.717) is 18.8 Å². The molecule has 0 amide bonds. The molecule has 1 saturated heterocycles.